The Labute approximate surface area is 111 Å². The number of halogens is 1. The Morgan fingerprint density at radius 1 is 1.33 bits per heavy atom. The third kappa shape index (κ3) is 2.94. The van der Waals surface area contributed by atoms with Gasteiger partial charge in [-0.05, 0) is 24.6 Å². The van der Waals surface area contributed by atoms with E-state index >= 15 is 0 Å². The topological polar surface area (TPSA) is 38.9 Å². The van der Waals surface area contributed by atoms with Gasteiger partial charge in [0.1, 0.15) is 5.82 Å². The Morgan fingerprint density at radius 3 is 2.61 bits per heavy atom. The fourth-order valence-corrected chi connectivity index (χ4v) is 2.88. The second kappa shape index (κ2) is 5.59. The summed E-state index contributed by atoms with van der Waals surface area (Å²) in [6.07, 6.45) is 0.807. The monoisotopic (exact) mass is 264 g/mol. The Morgan fingerprint density at radius 2 is 2.00 bits per heavy atom. The van der Waals surface area contributed by atoms with E-state index in [0.29, 0.717) is 12.5 Å². The van der Waals surface area contributed by atoms with Crippen LogP contribution >= 0.6 is 11.3 Å². The first kappa shape index (κ1) is 13.2. The van der Waals surface area contributed by atoms with Gasteiger partial charge < -0.3 is 5.73 Å². The molecule has 18 heavy (non-hydrogen) atoms. The number of rotatable bonds is 4. The summed E-state index contributed by atoms with van der Waals surface area (Å²) < 4.78 is 12.8. The molecule has 1 atom stereocenters. The molecule has 0 bridgehead atoms. The molecule has 0 amide bonds. The molecule has 0 spiro atoms. The first-order chi connectivity index (χ1) is 8.60. The number of aryl methyl sites for hydroxylation is 1. The molecule has 1 unspecified atom stereocenters. The Kier molecular flexibility index (Phi) is 4.09. The van der Waals surface area contributed by atoms with Gasteiger partial charge in [0, 0.05) is 23.8 Å². The number of nitrogens with two attached hydrogens (primary N) is 1. The number of hydrogen-bond acceptors (Lipinski definition) is 3. The van der Waals surface area contributed by atoms with E-state index in [9.17, 15) is 4.39 Å². The lowest BCUT2D eigenvalue weighted by atomic mass is 10.1. The smallest absolute Gasteiger partial charge is 0.123 e. The van der Waals surface area contributed by atoms with Crippen LogP contribution in [0.5, 0.6) is 0 Å². The van der Waals surface area contributed by atoms with Crippen LogP contribution in [0.3, 0.4) is 0 Å². The summed E-state index contributed by atoms with van der Waals surface area (Å²) in [6, 6.07) is 6.63. The van der Waals surface area contributed by atoms with Gasteiger partial charge in [-0.1, -0.05) is 19.1 Å². The molecule has 96 valence electrons. The molecule has 2 N–H and O–H groups in total. The molecule has 0 aliphatic carbocycles. The molecule has 0 radical (unpaired) electrons. The van der Waals surface area contributed by atoms with Crippen molar-refractivity contribution in [1.82, 2.24) is 4.98 Å². The minimum absolute atomic E-state index is 0.197. The van der Waals surface area contributed by atoms with Crippen molar-refractivity contribution in [3.63, 3.8) is 0 Å². The van der Waals surface area contributed by atoms with E-state index in [1.807, 2.05) is 19.1 Å². The van der Waals surface area contributed by atoms with Crippen molar-refractivity contribution in [2.45, 2.75) is 26.2 Å². The van der Waals surface area contributed by atoms with Gasteiger partial charge in [-0.3, -0.25) is 0 Å². The minimum Gasteiger partial charge on any atom is -0.330 e. The maximum atomic E-state index is 12.8. The van der Waals surface area contributed by atoms with Gasteiger partial charge in [-0.25, -0.2) is 9.37 Å². The molecule has 2 nitrogen and oxygen atoms in total. The molecular weight excluding hydrogens is 247 g/mol. The van der Waals surface area contributed by atoms with Crippen molar-refractivity contribution in [2.24, 2.45) is 5.73 Å². The fraction of sp³-hybridized carbons (Fsp3) is 0.357. The largest absolute Gasteiger partial charge is 0.330 e. The van der Waals surface area contributed by atoms with Crippen LogP contribution in [-0.4, -0.2) is 11.5 Å². The van der Waals surface area contributed by atoms with Gasteiger partial charge >= 0.3 is 0 Å². The van der Waals surface area contributed by atoms with E-state index in [1.54, 1.807) is 11.3 Å². The molecule has 1 aromatic heterocycles. The predicted molar refractivity (Wildman–Crippen MR) is 73.5 cm³/mol. The van der Waals surface area contributed by atoms with Crippen molar-refractivity contribution in [2.75, 3.05) is 6.54 Å². The number of hydrogen-bond donors (Lipinski definition) is 1. The van der Waals surface area contributed by atoms with E-state index in [4.69, 9.17) is 5.73 Å². The average Bonchev–Trinajstić information content (AvgIpc) is 2.73. The molecule has 1 heterocycles. The fourth-order valence-electron chi connectivity index (χ4n) is 1.71. The van der Waals surface area contributed by atoms with E-state index in [0.717, 1.165) is 22.7 Å². The Bertz CT molecular complexity index is 519. The van der Waals surface area contributed by atoms with Gasteiger partial charge in [0.25, 0.3) is 0 Å². The van der Waals surface area contributed by atoms with Crippen molar-refractivity contribution in [3.05, 3.63) is 51.2 Å². The standard InChI is InChI=1S/C14H17FN2S/c1-9(8-16)14-17-10(2)13(18-14)7-11-3-5-12(15)6-4-11/h3-6,9H,7-8,16H2,1-2H3. The summed E-state index contributed by atoms with van der Waals surface area (Å²) in [6.45, 7) is 4.71. The second-order valence-corrected chi connectivity index (χ2v) is 5.62. The van der Waals surface area contributed by atoms with Crippen LogP contribution in [0.4, 0.5) is 4.39 Å². The summed E-state index contributed by atoms with van der Waals surface area (Å²) in [5, 5.41) is 1.09. The van der Waals surface area contributed by atoms with E-state index in [-0.39, 0.29) is 5.82 Å². The first-order valence-electron chi connectivity index (χ1n) is 6.01. The molecule has 0 saturated heterocycles. The van der Waals surface area contributed by atoms with Gasteiger partial charge in [-0.2, -0.15) is 0 Å². The summed E-state index contributed by atoms with van der Waals surface area (Å²) in [5.74, 6) is 0.105. The van der Waals surface area contributed by atoms with Crippen LogP contribution in [-0.2, 0) is 6.42 Å². The summed E-state index contributed by atoms with van der Waals surface area (Å²) in [5.41, 5.74) is 7.82. The zero-order valence-electron chi connectivity index (χ0n) is 10.6. The number of nitrogens with zero attached hydrogens (tertiary/aromatic N) is 1. The lowest BCUT2D eigenvalue weighted by Crippen LogP contribution is -2.08. The highest BCUT2D eigenvalue weighted by Gasteiger charge is 2.12. The van der Waals surface area contributed by atoms with E-state index in [2.05, 4.69) is 11.9 Å². The highest BCUT2D eigenvalue weighted by atomic mass is 32.1. The molecule has 4 heteroatoms. The molecule has 2 aromatic rings. The number of thiazole rings is 1. The first-order valence-corrected chi connectivity index (χ1v) is 6.82. The molecule has 0 aliphatic rings. The van der Waals surface area contributed by atoms with Crippen molar-refractivity contribution in [3.8, 4) is 0 Å². The average molecular weight is 264 g/mol. The Balaban J connectivity index is 2.19. The number of aromatic nitrogens is 1. The second-order valence-electron chi connectivity index (χ2n) is 4.50. The maximum absolute atomic E-state index is 12.8. The molecular formula is C14H17FN2S. The molecule has 0 aliphatic heterocycles. The SMILES string of the molecule is Cc1nc(C(C)CN)sc1Cc1ccc(F)cc1. The van der Waals surface area contributed by atoms with Gasteiger partial charge in [0.2, 0.25) is 0 Å². The highest BCUT2D eigenvalue weighted by Crippen LogP contribution is 2.26. The molecule has 0 saturated carbocycles. The quantitative estimate of drug-likeness (QED) is 0.920. The zero-order valence-corrected chi connectivity index (χ0v) is 11.4. The molecule has 2 rings (SSSR count). The Hall–Kier alpha value is -1.26. The lowest BCUT2D eigenvalue weighted by Gasteiger charge is -2.01. The third-order valence-electron chi connectivity index (χ3n) is 2.96. The van der Waals surface area contributed by atoms with E-state index in [1.165, 1.54) is 17.0 Å². The number of benzene rings is 1. The van der Waals surface area contributed by atoms with Crippen molar-refractivity contribution >= 4 is 11.3 Å². The van der Waals surface area contributed by atoms with Crippen molar-refractivity contribution in [1.29, 1.82) is 0 Å². The van der Waals surface area contributed by atoms with Crippen LogP contribution in [0, 0.1) is 12.7 Å². The molecule has 0 fully saturated rings. The van der Waals surface area contributed by atoms with Crippen LogP contribution < -0.4 is 5.73 Å². The minimum atomic E-state index is -0.197. The van der Waals surface area contributed by atoms with Crippen LogP contribution in [0.15, 0.2) is 24.3 Å². The van der Waals surface area contributed by atoms with Crippen LogP contribution in [0.25, 0.3) is 0 Å². The highest BCUT2D eigenvalue weighted by molar-refractivity contribution is 7.11. The van der Waals surface area contributed by atoms with Gasteiger partial charge in [0.05, 0.1) is 10.7 Å². The zero-order chi connectivity index (χ0) is 13.1. The maximum Gasteiger partial charge on any atom is 0.123 e. The third-order valence-corrected chi connectivity index (χ3v) is 4.35. The van der Waals surface area contributed by atoms with Crippen LogP contribution in [0.1, 0.15) is 34.0 Å². The van der Waals surface area contributed by atoms with Crippen molar-refractivity contribution < 1.29 is 4.39 Å². The molecule has 1 aromatic carbocycles. The van der Waals surface area contributed by atoms with Crippen LogP contribution in [0.2, 0.25) is 0 Å². The van der Waals surface area contributed by atoms with E-state index < -0.39 is 0 Å². The van der Waals surface area contributed by atoms with Gasteiger partial charge in [0.15, 0.2) is 0 Å². The summed E-state index contributed by atoms with van der Waals surface area (Å²) >= 11 is 1.71. The normalized spacial score (nSPS) is 12.7. The lowest BCUT2D eigenvalue weighted by molar-refractivity contribution is 0.627. The predicted octanol–water partition coefficient (Wildman–Crippen LogP) is 3.24. The summed E-state index contributed by atoms with van der Waals surface area (Å²) in [4.78, 5) is 5.79. The summed E-state index contributed by atoms with van der Waals surface area (Å²) in [7, 11) is 0. The van der Waals surface area contributed by atoms with Gasteiger partial charge in [-0.15, -0.1) is 11.3 Å².